The van der Waals surface area contributed by atoms with Crippen LogP contribution >= 0.6 is 27.3 Å². The Hall–Kier alpha value is -0.870. The van der Waals surface area contributed by atoms with Crippen LogP contribution in [0.1, 0.15) is 9.88 Å². The first-order chi connectivity index (χ1) is 7.24. The summed E-state index contributed by atoms with van der Waals surface area (Å²) >= 11 is 5.17. The van der Waals surface area contributed by atoms with Crippen LogP contribution in [0.4, 0.5) is 5.69 Å². The van der Waals surface area contributed by atoms with E-state index in [1.807, 2.05) is 25.3 Å². The number of thiazole rings is 1. The number of nitrogens with zero attached hydrogens (tertiary/aromatic N) is 1. The molecule has 0 saturated carbocycles. The monoisotopic (exact) mass is 282 g/mol. The van der Waals surface area contributed by atoms with Crippen LogP contribution in [0.15, 0.2) is 34.9 Å². The maximum absolute atomic E-state index is 4.22. The van der Waals surface area contributed by atoms with Gasteiger partial charge in [0.05, 0.1) is 11.6 Å². The van der Waals surface area contributed by atoms with Gasteiger partial charge in [-0.25, -0.2) is 4.98 Å². The van der Waals surface area contributed by atoms with Crippen molar-refractivity contribution in [3.63, 3.8) is 0 Å². The molecule has 2 aromatic rings. The molecule has 2 nitrogen and oxygen atoms in total. The molecule has 0 unspecified atom stereocenters. The normalized spacial score (nSPS) is 10.3. The zero-order chi connectivity index (χ0) is 10.7. The molecule has 0 aliphatic rings. The van der Waals surface area contributed by atoms with Gasteiger partial charge in [-0.2, -0.15) is 0 Å². The Morgan fingerprint density at radius 1 is 1.47 bits per heavy atom. The highest BCUT2D eigenvalue weighted by Gasteiger charge is 1.98. The molecule has 1 heterocycles. The Morgan fingerprint density at radius 3 is 3.00 bits per heavy atom. The molecule has 0 amide bonds. The summed E-state index contributed by atoms with van der Waals surface area (Å²) in [5, 5.41) is 4.47. The van der Waals surface area contributed by atoms with Gasteiger partial charge in [0.25, 0.3) is 0 Å². The number of benzene rings is 1. The van der Waals surface area contributed by atoms with E-state index >= 15 is 0 Å². The third-order valence-electron chi connectivity index (χ3n) is 1.96. The van der Waals surface area contributed by atoms with E-state index in [1.165, 1.54) is 4.88 Å². The van der Waals surface area contributed by atoms with Crippen molar-refractivity contribution in [3.8, 4) is 0 Å². The van der Waals surface area contributed by atoms with Crippen LogP contribution in [0.5, 0.6) is 0 Å². The van der Waals surface area contributed by atoms with E-state index < -0.39 is 0 Å². The summed E-state index contributed by atoms with van der Waals surface area (Å²) in [4.78, 5) is 5.47. The van der Waals surface area contributed by atoms with Crippen molar-refractivity contribution in [2.24, 2.45) is 0 Å². The predicted molar refractivity (Wildman–Crippen MR) is 68.3 cm³/mol. The fraction of sp³-hybridized carbons (Fsp3) is 0.182. The van der Waals surface area contributed by atoms with Gasteiger partial charge in [-0.05, 0) is 25.1 Å². The lowest BCUT2D eigenvalue weighted by Crippen LogP contribution is -1.96. The SMILES string of the molecule is Cc1ncc(CNc2cccc(Br)c2)s1. The number of nitrogens with one attached hydrogen (secondary N) is 1. The van der Waals surface area contributed by atoms with E-state index in [0.717, 1.165) is 21.7 Å². The lowest BCUT2D eigenvalue weighted by Gasteiger charge is -2.04. The van der Waals surface area contributed by atoms with Crippen molar-refractivity contribution in [1.82, 2.24) is 4.98 Å². The standard InChI is InChI=1S/C11H11BrN2S/c1-8-13-6-11(15-8)7-14-10-4-2-3-9(12)5-10/h2-6,14H,7H2,1H3. The summed E-state index contributed by atoms with van der Waals surface area (Å²) in [5.74, 6) is 0. The van der Waals surface area contributed by atoms with Crippen LogP contribution in [0, 0.1) is 6.92 Å². The van der Waals surface area contributed by atoms with Gasteiger partial charge in [0.15, 0.2) is 0 Å². The fourth-order valence-electron chi connectivity index (χ4n) is 1.27. The second kappa shape index (κ2) is 4.77. The molecule has 4 heteroatoms. The molecule has 1 N–H and O–H groups in total. The minimum atomic E-state index is 0.835. The Bertz CT molecular complexity index is 453. The Kier molecular flexibility index (Phi) is 3.38. The molecule has 1 aromatic carbocycles. The topological polar surface area (TPSA) is 24.9 Å². The van der Waals surface area contributed by atoms with Gasteiger partial charge in [0, 0.05) is 21.2 Å². The van der Waals surface area contributed by atoms with E-state index in [1.54, 1.807) is 11.3 Å². The van der Waals surface area contributed by atoms with Crippen LogP contribution in [-0.2, 0) is 6.54 Å². The average Bonchev–Trinajstić information content (AvgIpc) is 2.62. The third kappa shape index (κ3) is 3.04. The van der Waals surface area contributed by atoms with Crippen molar-refractivity contribution >= 4 is 33.0 Å². The summed E-state index contributed by atoms with van der Waals surface area (Å²) in [6.45, 7) is 2.86. The summed E-state index contributed by atoms with van der Waals surface area (Å²) in [7, 11) is 0. The molecule has 1 aromatic heterocycles. The van der Waals surface area contributed by atoms with Crippen LogP contribution in [0.3, 0.4) is 0 Å². The highest BCUT2D eigenvalue weighted by Crippen LogP contribution is 2.18. The number of hydrogen-bond acceptors (Lipinski definition) is 3. The maximum Gasteiger partial charge on any atom is 0.0897 e. The first-order valence-corrected chi connectivity index (χ1v) is 6.26. The molecule has 0 fully saturated rings. The van der Waals surface area contributed by atoms with E-state index in [2.05, 4.69) is 38.4 Å². The van der Waals surface area contributed by atoms with Crippen LogP contribution in [-0.4, -0.2) is 4.98 Å². The molecule has 15 heavy (non-hydrogen) atoms. The molecule has 0 atom stereocenters. The molecular formula is C11H11BrN2S. The molecule has 0 bridgehead atoms. The smallest absolute Gasteiger partial charge is 0.0897 e. The maximum atomic E-state index is 4.22. The van der Waals surface area contributed by atoms with E-state index in [0.29, 0.717) is 0 Å². The summed E-state index contributed by atoms with van der Waals surface area (Å²) in [6, 6.07) is 8.15. The van der Waals surface area contributed by atoms with Crippen molar-refractivity contribution in [2.75, 3.05) is 5.32 Å². The zero-order valence-corrected chi connectivity index (χ0v) is 10.7. The largest absolute Gasteiger partial charge is 0.380 e. The lowest BCUT2D eigenvalue weighted by molar-refractivity contribution is 1.17. The minimum absolute atomic E-state index is 0.835. The fourth-order valence-corrected chi connectivity index (χ4v) is 2.41. The highest BCUT2D eigenvalue weighted by atomic mass is 79.9. The molecule has 0 aliphatic carbocycles. The van der Waals surface area contributed by atoms with E-state index in [-0.39, 0.29) is 0 Å². The first kappa shape index (κ1) is 10.6. The van der Waals surface area contributed by atoms with Crippen molar-refractivity contribution in [1.29, 1.82) is 0 Å². The van der Waals surface area contributed by atoms with Gasteiger partial charge in [0.2, 0.25) is 0 Å². The Balaban J connectivity index is 1.99. The number of hydrogen-bond donors (Lipinski definition) is 1. The third-order valence-corrected chi connectivity index (χ3v) is 3.37. The molecular weight excluding hydrogens is 272 g/mol. The molecule has 0 aliphatic heterocycles. The van der Waals surface area contributed by atoms with Crippen LogP contribution in [0.2, 0.25) is 0 Å². The number of halogens is 1. The highest BCUT2D eigenvalue weighted by molar-refractivity contribution is 9.10. The summed E-state index contributed by atoms with van der Waals surface area (Å²) < 4.78 is 1.09. The molecule has 0 saturated heterocycles. The van der Waals surface area contributed by atoms with Crippen molar-refractivity contribution in [3.05, 3.63) is 44.8 Å². The Morgan fingerprint density at radius 2 is 2.33 bits per heavy atom. The van der Waals surface area contributed by atoms with E-state index in [9.17, 15) is 0 Å². The second-order valence-electron chi connectivity index (χ2n) is 3.21. The van der Waals surface area contributed by atoms with Gasteiger partial charge in [-0.1, -0.05) is 22.0 Å². The average molecular weight is 283 g/mol. The second-order valence-corrected chi connectivity index (χ2v) is 5.44. The number of aryl methyl sites for hydroxylation is 1. The van der Waals surface area contributed by atoms with Gasteiger partial charge >= 0.3 is 0 Å². The molecule has 2 rings (SSSR count). The predicted octanol–water partition coefficient (Wildman–Crippen LogP) is 3.83. The number of anilines is 1. The lowest BCUT2D eigenvalue weighted by atomic mass is 10.3. The first-order valence-electron chi connectivity index (χ1n) is 4.65. The van der Waals surface area contributed by atoms with Crippen LogP contribution in [0.25, 0.3) is 0 Å². The zero-order valence-electron chi connectivity index (χ0n) is 8.33. The summed E-state index contributed by atoms with van der Waals surface area (Å²) in [5.41, 5.74) is 1.12. The van der Waals surface area contributed by atoms with Gasteiger partial charge in [-0.3, -0.25) is 0 Å². The van der Waals surface area contributed by atoms with Gasteiger partial charge in [-0.15, -0.1) is 11.3 Å². The molecule has 0 spiro atoms. The van der Waals surface area contributed by atoms with Crippen molar-refractivity contribution < 1.29 is 0 Å². The molecule has 78 valence electrons. The van der Waals surface area contributed by atoms with Gasteiger partial charge in [0.1, 0.15) is 0 Å². The molecule has 0 radical (unpaired) electrons. The Labute approximate surface area is 101 Å². The number of rotatable bonds is 3. The minimum Gasteiger partial charge on any atom is -0.380 e. The van der Waals surface area contributed by atoms with Gasteiger partial charge < -0.3 is 5.32 Å². The van der Waals surface area contributed by atoms with Crippen LogP contribution < -0.4 is 5.32 Å². The van der Waals surface area contributed by atoms with E-state index in [4.69, 9.17) is 0 Å². The number of aromatic nitrogens is 1. The quantitative estimate of drug-likeness (QED) is 0.926. The summed E-state index contributed by atoms with van der Waals surface area (Å²) in [6.07, 6.45) is 1.92. The van der Waals surface area contributed by atoms with Crippen molar-refractivity contribution in [2.45, 2.75) is 13.5 Å².